The first-order valence-electron chi connectivity index (χ1n) is 4.61. The molecule has 1 heterocycles. The van der Waals surface area contributed by atoms with Crippen LogP contribution >= 0.6 is 11.8 Å². The Balaban J connectivity index is 2.27. The molecule has 0 saturated carbocycles. The Hall–Kier alpha value is -1.87. The fourth-order valence-electron chi connectivity index (χ4n) is 1.24. The molecule has 0 atom stereocenters. The summed E-state index contributed by atoms with van der Waals surface area (Å²) >= 11 is 1.47. The molecule has 0 radical (unpaired) electrons. The van der Waals surface area contributed by atoms with Crippen LogP contribution in [0.25, 0.3) is 0 Å². The highest BCUT2D eigenvalue weighted by Gasteiger charge is 2.06. The van der Waals surface area contributed by atoms with Gasteiger partial charge in [0.25, 0.3) is 0 Å². The third kappa shape index (κ3) is 2.04. The van der Waals surface area contributed by atoms with Crippen LogP contribution in [-0.2, 0) is 7.05 Å². The van der Waals surface area contributed by atoms with E-state index in [2.05, 4.69) is 21.6 Å². The summed E-state index contributed by atoms with van der Waals surface area (Å²) in [5.41, 5.74) is 1.66. The molecule has 0 aliphatic rings. The molecule has 2 rings (SSSR count). The smallest absolute Gasteiger partial charge is 0.213 e. The molecule has 16 heavy (non-hydrogen) atoms. The first-order valence-corrected chi connectivity index (χ1v) is 5.43. The van der Waals surface area contributed by atoms with Gasteiger partial charge in [0.1, 0.15) is 0 Å². The number of nitrogens with zero attached hydrogens (tertiary/aromatic N) is 5. The van der Waals surface area contributed by atoms with Crippen molar-refractivity contribution in [2.24, 2.45) is 7.05 Å². The van der Waals surface area contributed by atoms with Gasteiger partial charge >= 0.3 is 0 Å². The van der Waals surface area contributed by atoms with Crippen molar-refractivity contribution < 1.29 is 0 Å². The zero-order valence-corrected chi connectivity index (χ0v) is 9.69. The zero-order valence-electron chi connectivity index (χ0n) is 8.88. The number of aryl methyl sites for hydroxylation is 2. The molecule has 0 fully saturated rings. The maximum Gasteiger partial charge on any atom is 0.213 e. The number of hydrogen-bond donors (Lipinski definition) is 0. The monoisotopic (exact) mass is 231 g/mol. The second kappa shape index (κ2) is 4.33. The summed E-state index contributed by atoms with van der Waals surface area (Å²) in [5.74, 6) is 0. The molecule has 0 spiro atoms. The van der Waals surface area contributed by atoms with E-state index in [1.165, 1.54) is 11.8 Å². The second-order valence-corrected chi connectivity index (χ2v) is 4.32. The Morgan fingerprint density at radius 2 is 2.25 bits per heavy atom. The van der Waals surface area contributed by atoms with Crippen LogP contribution in [0.5, 0.6) is 0 Å². The van der Waals surface area contributed by atoms with Crippen LogP contribution in [-0.4, -0.2) is 20.2 Å². The van der Waals surface area contributed by atoms with Crippen molar-refractivity contribution in [3.8, 4) is 6.07 Å². The number of hydrogen-bond acceptors (Lipinski definition) is 5. The number of benzene rings is 1. The van der Waals surface area contributed by atoms with E-state index >= 15 is 0 Å². The van der Waals surface area contributed by atoms with Crippen molar-refractivity contribution >= 4 is 11.8 Å². The largest absolute Gasteiger partial charge is 0.223 e. The van der Waals surface area contributed by atoms with E-state index in [0.717, 1.165) is 15.6 Å². The molecule has 1 aromatic carbocycles. The van der Waals surface area contributed by atoms with Gasteiger partial charge in [-0.3, -0.25) is 0 Å². The van der Waals surface area contributed by atoms with Crippen LogP contribution < -0.4 is 0 Å². The standard InChI is InChI=1S/C10H9N5S/c1-7-5-9(4-3-8(7)6-11)16-10-12-13-14-15(10)2/h3-5H,1-2H3. The van der Waals surface area contributed by atoms with Crippen molar-refractivity contribution in [1.29, 1.82) is 5.26 Å². The van der Waals surface area contributed by atoms with E-state index in [0.29, 0.717) is 5.56 Å². The molecule has 80 valence electrons. The Labute approximate surface area is 97.1 Å². The highest BCUT2D eigenvalue weighted by atomic mass is 32.2. The fourth-order valence-corrected chi connectivity index (χ4v) is 2.07. The number of tetrazole rings is 1. The van der Waals surface area contributed by atoms with E-state index < -0.39 is 0 Å². The number of nitriles is 1. The molecule has 0 aliphatic carbocycles. The van der Waals surface area contributed by atoms with Crippen LogP contribution in [0.1, 0.15) is 11.1 Å². The van der Waals surface area contributed by atoms with Crippen molar-refractivity contribution in [3.05, 3.63) is 29.3 Å². The van der Waals surface area contributed by atoms with Crippen LogP contribution in [0.3, 0.4) is 0 Å². The molecule has 5 nitrogen and oxygen atoms in total. The Bertz CT molecular complexity index is 555. The molecule has 0 N–H and O–H groups in total. The van der Waals surface area contributed by atoms with Crippen LogP contribution in [0.15, 0.2) is 28.3 Å². The lowest BCUT2D eigenvalue weighted by atomic mass is 10.1. The van der Waals surface area contributed by atoms with Gasteiger partial charge in [0.05, 0.1) is 11.6 Å². The van der Waals surface area contributed by atoms with Gasteiger partial charge < -0.3 is 0 Å². The lowest BCUT2D eigenvalue weighted by Crippen LogP contribution is -1.92. The summed E-state index contributed by atoms with van der Waals surface area (Å²) in [6.07, 6.45) is 0. The summed E-state index contributed by atoms with van der Waals surface area (Å²) in [6.45, 7) is 1.91. The van der Waals surface area contributed by atoms with Gasteiger partial charge in [-0.15, -0.1) is 5.10 Å². The van der Waals surface area contributed by atoms with E-state index in [-0.39, 0.29) is 0 Å². The predicted octanol–water partition coefficient (Wildman–Crippen LogP) is 1.54. The average molecular weight is 231 g/mol. The average Bonchev–Trinajstić information content (AvgIpc) is 2.65. The lowest BCUT2D eigenvalue weighted by Gasteiger charge is -2.02. The summed E-state index contributed by atoms with van der Waals surface area (Å²) in [7, 11) is 1.79. The quantitative estimate of drug-likeness (QED) is 0.784. The first-order chi connectivity index (χ1) is 7.70. The minimum absolute atomic E-state index is 0.695. The zero-order chi connectivity index (χ0) is 11.5. The maximum atomic E-state index is 8.82. The van der Waals surface area contributed by atoms with E-state index in [4.69, 9.17) is 5.26 Å². The Kier molecular flexibility index (Phi) is 2.88. The minimum atomic E-state index is 0.695. The normalized spacial score (nSPS) is 10.1. The van der Waals surface area contributed by atoms with Gasteiger partial charge in [0, 0.05) is 11.9 Å². The lowest BCUT2D eigenvalue weighted by molar-refractivity contribution is 0.664. The maximum absolute atomic E-state index is 8.82. The van der Waals surface area contributed by atoms with Gasteiger partial charge in [0.15, 0.2) is 0 Å². The number of rotatable bonds is 2. The summed E-state index contributed by atoms with van der Waals surface area (Å²) in [6, 6.07) is 7.79. The molecular formula is C10H9N5S. The summed E-state index contributed by atoms with van der Waals surface area (Å²) in [4.78, 5) is 1.02. The van der Waals surface area contributed by atoms with Crippen LogP contribution in [0.2, 0.25) is 0 Å². The highest BCUT2D eigenvalue weighted by molar-refractivity contribution is 7.99. The molecule has 0 aliphatic heterocycles. The molecule has 0 saturated heterocycles. The van der Waals surface area contributed by atoms with Gasteiger partial charge in [-0.1, -0.05) is 0 Å². The van der Waals surface area contributed by atoms with Crippen LogP contribution in [0.4, 0.5) is 0 Å². The van der Waals surface area contributed by atoms with Gasteiger partial charge in [-0.05, 0) is 52.9 Å². The van der Waals surface area contributed by atoms with Gasteiger partial charge in [0.2, 0.25) is 5.16 Å². The van der Waals surface area contributed by atoms with Gasteiger partial charge in [-0.25, -0.2) is 4.68 Å². The Morgan fingerprint density at radius 3 is 2.81 bits per heavy atom. The number of aromatic nitrogens is 4. The van der Waals surface area contributed by atoms with E-state index in [1.54, 1.807) is 11.7 Å². The molecule has 1 aromatic heterocycles. The summed E-state index contributed by atoms with van der Waals surface area (Å²) < 4.78 is 1.61. The highest BCUT2D eigenvalue weighted by Crippen LogP contribution is 2.26. The van der Waals surface area contributed by atoms with Crippen molar-refractivity contribution in [3.63, 3.8) is 0 Å². The SMILES string of the molecule is Cc1cc(Sc2nnnn2C)ccc1C#N. The van der Waals surface area contributed by atoms with Crippen molar-refractivity contribution in [1.82, 2.24) is 20.2 Å². The predicted molar refractivity (Wildman–Crippen MR) is 58.8 cm³/mol. The third-order valence-corrected chi connectivity index (χ3v) is 3.13. The van der Waals surface area contributed by atoms with Crippen LogP contribution in [0, 0.1) is 18.3 Å². The minimum Gasteiger partial charge on any atom is -0.223 e. The molecular weight excluding hydrogens is 222 g/mol. The molecule has 0 amide bonds. The van der Waals surface area contributed by atoms with Crippen molar-refractivity contribution in [2.75, 3.05) is 0 Å². The fraction of sp³-hybridized carbons (Fsp3) is 0.200. The van der Waals surface area contributed by atoms with E-state index in [1.807, 2.05) is 25.1 Å². The third-order valence-electron chi connectivity index (χ3n) is 2.11. The molecule has 6 heteroatoms. The Morgan fingerprint density at radius 1 is 1.44 bits per heavy atom. The second-order valence-electron chi connectivity index (χ2n) is 3.28. The van der Waals surface area contributed by atoms with Crippen molar-refractivity contribution in [2.45, 2.75) is 17.0 Å². The molecule has 2 aromatic rings. The first kappa shape index (κ1) is 10.6. The molecule has 0 unspecified atom stereocenters. The topological polar surface area (TPSA) is 67.4 Å². The summed E-state index contributed by atoms with van der Waals surface area (Å²) in [5, 5.41) is 20.7. The molecule has 0 bridgehead atoms. The van der Waals surface area contributed by atoms with Gasteiger partial charge in [-0.2, -0.15) is 5.26 Å². The van der Waals surface area contributed by atoms with E-state index in [9.17, 15) is 0 Å².